The lowest BCUT2D eigenvalue weighted by Crippen LogP contribution is -2.20. The molecule has 1 unspecified atom stereocenters. The molecule has 0 heterocycles. The number of carboxylic acids is 1. The maximum atomic E-state index is 10.7. The van der Waals surface area contributed by atoms with Gasteiger partial charge in [0.25, 0.3) is 0 Å². The van der Waals surface area contributed by atoms with Crippen molar-refractivity contribution in [1.82, 2.24) is 0 Å². The van der Waals surface area contributed by atoms with Gasteiger partial charge in [-0.05, 0) is 30.5 Å². The van der Waals surface area contributed by atoms with Gasteiger partial charge in [0, 0.05) is 11.7 Å². The van der Waals surface area contributed by atoms with Crippen LogP contribution in [0.15, 0.2) is 54.6 Å². The molecule has 3 nitrogen and oxygen atoms in total. The number of nitrogens with one attached hydrogen (secondary N) is 1. The molecule has 0 radical (unpaired) electrons. The first kappa shape index (κ1) is 14.1. The molecule has 0 aliphatic rings. The first-order valence-corrected chi connectivity index (χ1v) is 6.75. The molecule has 2 aromatic rings. The summed E-state index contributed by atoms with van der Waals surface area (Å²) in [6.45, 7) is 1.88. The van der Waals surface area contributed by atoms with E-state index < -0.39 is 5.97 Å². The van der Waals surface area contributed by atoms with Crippen LogP contribution in [0, 0.1) is 0 Å². The Morgan fingerprint density at radius 2 is 1.75 bits per heavy atom. The Labute approximate surface area is 119 Å². The molecule has 1 atom stereocenters. The molecule has 2 rings (SSSR count). The Balaban J connectivity index is 2.12. The summed E-state index contributed by atoms with van der Waals surface area (Å²) >= 11 is 0. The predicted molar refractivity (Wildman–Crippen MR) is 81.0 cm³/mol. The van der Waals surface area contributed by atoms with Gasteiger partial charge in [-0.3, -0.25) is 4.79 Å². The average molecular weight is 269 g/mol. The van der Waals surface area contributed by atoms with Gasteiger partial charge in [-0.1, -0.05) is 48.5 Å². The second-order valence-corrected chi connectivity index (χ2v) is 4.96. The van der Waals surface area contributed by atoms with E-state index in [2.05, 4.69) is 23.5 Å². The number of aliphatic carboxylic acids is 1. The number of hydrogen-bond donors (Lipinski definition) is 2. The maximum absolute atomic E-state index is 10.7. The van der Waals surface area contributed by atoms with E-state index >= 15 is 0 Å². The van der Waals surface area contributed by atoms with Gasteiger partial charge in [0.15, 0.2) is 0 Å². The van der Waals surface area contributed by atoms with Crippen molar-refractivity contribution in [2.45, 2.75) is 25.8 Å². The van der Waals surface area contributed by atoms with Gasteiger partial charge in [0.05, 0.1) is 6.42 Å². The Bertz CT molecular complexity index is 566. The van der Waals surface area contributed by atoms with Gasteiger partial charge < -0.3 is 10.4 Å². The molecule has 0 spiro atoms. The number of carbonyl (C=O) groups is 1. The smallest absolute Gasteiger partial charge is 0.305 e. The van der Waals surface area contributed by atoms with Crippen molar-refractivity contribution in [3.63, 3.8) is 0 Å². The molecule has 104 valence electrons. The molecule has 2 N–H and O–H groups in total. The first-order valence-electron chi connectivity index (χ1n) is 6.75. The van der Waals surface area contributed by atoms with Gasteiger partial charge in [-0.25, -0.2) is 0 Å². The Kier molecular flexibility index (Phi) is 4.77. The fourth-order valence-electron chi connectivity index (χ4n) is 2.21. The van der Waals surface area contributed by atoms with Crippen LogP contribution < -0.4 is 5.32 Å². The quantitative estimate of drug-likeness (QED) is 0.843. The van der Waals surface area contributed by atoms with Crippen LogP contribution in [-0.2, 0) is 11.2 Å². The molecule has 20 heavy (non-hydrogen) atoms. The van der Waals surface area contributed by atoms with Crippen molar-refractivity contribution in [2.75, 3.05) is 5.32 Å². The number of benzene rings is 2. The number of carboxylic acid groups (broad SMARTS) is 1. The minimum absolute atomic E-state index is 0.0931. The van der Waals surface area contributed by atoms with E-state index in [1.165, 1.54) is 11.1 Å². The fourth-order valence-corrected chi connectivity index (χ4v) is 2.21. The van der Waals surface area contributed by atoms with E-state index in [0.29, 0.717) is 0 Å². The van der Waals surface area contributed by atoms with Gasteiger partial charge in [0.2, 0.25) is 0 Å². The summed E-state index contributed by atoms with van der Waals surface area (Å²) in [7, 11) is 0. The Morgan fingerprint density at radius 3 is 2.45 bits per heavy atom. The third-order valence-corrected chi connectivity index (χ3v) is 3.14. The van der Waals surface area contributed by atoms with Crippen molar-refractivity contribution in [3.8, 4) is 0 Å². The molecule has 0 aromatic heterocycles. The van der Waals surface area contributed by atoms with Crippen LogP contribution in [-0.4, -0.2) is 17.1 Å². The Morgan fingerprint density at radius 1 is 1.10 bits per heavy atom. The normalized spacial score (nSPS) is 11.8. The van der Waals surface area contributed by atoms with Crippen molar-refractivity contribution in [3.05, 3.63) is 65.7 Å². The zero-order chi connectivity index (χ0) is 14.4. The van der Waals surface area contributed by atoms with E-state index in [1.54, 1.807) is 0 Å². The number of hydrogen-bond acceptors (Lipinski definition) is 2. The summed E-state index contributed by atoms with van der Waals surface area (Å²) in [5, 5.41) is 12.1. The van der Waals surface area contributed by atoms with Crippen LogP contribution in [0.3, 0.4) is 0 Å². The Hall–Kier alpha value is -2.29. The molecule has 3 heteroatoms. The molecular formula is C17H19NO2. The monoisotopic (exact) mass is 269 g/mol. The van der Waals surface area contributed by atoms with Crippen LogP contribution >= 0.6 is 0 Å². The second-order valence-electron chi connectivity index (χ2n) is 4.96. The molecule has 2 aromatic carbocycles. The lowest BCUT2D eigenvalue weighted by atomic mass is 10.0. The summed E-state index contributed by atoms with van der Waals surface area (Å²) < 4.78 is 0. The predicted octanol–water partition coefficient (Wildman–Crippen LogP) is 3.55. The molecule has 0 bridgehead atoms. The first-order chi connectivity index (χ1) is 9.65. The van der Waals surface area contributed by atoms with Crippen molar-refractivity contribution in [2.24, 2.45) is 0 Å². The molecule has 0 amide bonds. The van der Waals surface area contributed by atoms with Crippen LogP contribution in [0.4, 0.5) is 5.69 Å². The second kappa shape index (κ2) is 6.75. The van der Waals surface area contributed by atoms with Crippen molar-refractivity contribution in [1.29, 1.82) is 0 Å². The number of rotatable bonds is 6. The molecule has 0 saturated heterocycles. The minimum atomic E-state index is -0.787. The molecule has 0 aliphatic heterocycles. The lowest BCUT2D eigenvalue weighted by Gasteiger charge is -2.16. The van der Waals surface area contributed by atoms with Crippen LogP contribution in [0.2, 0.25) is 0 Å². The summed E-state index contributed by atoms with van der Waals surface area (Å²) in [5.74, 6) is -0.787. The van der Waals surface area contributed by atoms with Crippen LogP contribution in [0.5, 0.6) is 0 Å². The lowest BCUT2D eigenvalue weighted by molar-refractivity contribution is -0.137. The van der Waals surface area contributed by atoms with E-state index in [1.807, 2.05) is 43.3 Å². The van der Waals surface area contributed by atoms with Crippen molar-refractivity contribution >= 4 is 11.7 Å². The maximum Gasteiger partial charge on any atom is 0.305 e. The largest absolute Gasteiger partial charge is 0.481 e. The van der Waals surface area contributed by atoms with Gasteiger partial charge in [-0.2, -0.15) is 0 Å². The van der Waals surface area contributed by atoms with Crippen molar-refractivity contribution < 1.29 is 9.90 Å². The third kappa shape index (κ3) is 4.12. The standard InChI is InChI=1S/C17H19NO2/c1-13(11-17(19)20)18-16-10-6-5-9-15(16)12-14-7-3-2-4-8-14/h2-10,13,18H,11-12H2,1H3,(H,19,20). The highest BCUT2D eigenvalue weighted by molar-refractivity contribution is 5.68. The zero-order valence-corrected chi connectivity index (χ0v) is 11.5. The van der Waals surface area contributed by atoms with Gasteiger partial charge in [0.1, 0.15) is 0 Å². The van der Waals surface area contributed by atoms with Gasteiger partial charge in [-0.15, -0.1) is 0 Å². The number of anilines is 1. The number of para-hydroxylation sites is 1. The minimum Gasteiger partial charge on any atom is -0.481 e. The molecule has 0 aliphatic carbocycles. The highest BCUT2D eigenvalue weighted by Gasteiger charge is 2.09. The zero-order valence-electron chi connectivity index (χ0n) is 11.5. The summed E-state index contributed by atoms with van der Waals surface area (Å²) in [4.78, 5) is 10.7. The topological polar surface area (TPSA) is 49.3 Å². The summed E-state index contributed by atoms with van der Waals surface area (Å²) in [6, 6.07) is 18.2. The molecule has 0 fully saturated rings. The SMILES string of the molecule is CC(CC(=O)O)Nc1ccccc1Cc1ccccc1. The summed E-state index contributed by atoms with van der Waals surface area (Å²) in [5.41, 5.74) is 3.42. The molecule has 0 saturated carbocycles. The van der Waals surface area contributed by atoms with E-state index in [9.17, 15) is 4.79 Å². The van der Waals surface area contributed by atoms with Gasteiger partial charge >= 0.3 is 5.97 Å². The van der Waals surface area contributed by atoms with E-state index in [-0.39, 0.29) is 12.5 Å². The van der Waals surface area contributed by atoms with Crippen LogP contribution in [0.25, 0.3) is 0 Å². The average Bonchev–Trinajstić information content (AvgIpc) is 2.41. The van der Waals surface area contributed by atoms with E-state index in [0.717, 1.165) is 12.1 Å². The van der Waals surface area contributed by atoms with Crippen LogP contribution in [0.1, 0.15) is 24.5 Å². The highest BCUT2D eigenvalue weighted by atomic mass is 16.4. The molecular weight excluding hydrogens is 250 g/mol. The summed E-state index contributed by atoms with van der Waals surface area (Å²) in [6.07, 6.45) is 0.948. The fraction of sp³-hybridized carbons (Fsp3) is 0.235. The van der Waals surface area contributed by atoms with E-state index in [4.69, 9.17) is 5.11 Å². The third-order valence-electron chi connectivity index (χ3n) is 3.14. The highest BCUT2D eigenvalue weighted by Crippen LogP contribution is 2.20.